The lowest BCUT2D eigenvalue weighted by atomic mass is 10.0. The summed E-state index contributed by atoms with van der Waals surface area (Å²) in [6.45, 7) is 12.9. The SMILES string of the molecule is CC(C)Cn1cc(CN2CCC(n3cc(C(C)C)cn3)CC2)nn1. The molecule has 0 bridgehead atoms. The highest BCUT2D eigenvalue weighted by atomic mass is 15.4. The Bertz CT molecular complexity index is 633. The van der Waals surface area contributed by atoms with E-state index >= 15 is 0 Å². The Morgan fingerprint density at radius 3 is 2.50 bits per heavy atom. The monoisotopic (exact) mass is 330 g/mol. The summed E-state index contributed by atoms with van der Waals surface area (Å²) in [7, 11) is 0. The van der Waals surface area contributed by atoms with E-state index in [1.165, 1.54) is 5.56 Å². The molecule has 6 nitrogen and oxygen atoms in total. The highest BCUT2D eigenvalue weighted by Crippen LogP contribution is 2.24. The average Bonchev–Trinajstić information content (AvgIpc) is 3.17. The van der Waals surface area contributed by atoms with Gasteiger partial charge in [0.25, 0.3) is 0 Å². The average molecular weight is 330 g/mol. The molecule has 132 valence electrons. The molecule has 1 aliphatic heterocycles. The van der Waals surface area contributed by atoms with Crippen molar-refractivity contribution in [3.05, 3.63) is 29.8 Å². The largest absolute Gasteiger partial charge is 0.297 e. The quantitative estimate of drug-likeness (QED) is 0.817. The summed E-state index contributed by atoms with van der Waals surface area (Å²) in [5.74, 6) is 1.15. The summed E-state index contributed by atoms with van der Waals surface area (Å²) in [5, 5.41) is 13.1. The van der Waals surface area contributed by atoms with E-state index in [1.54, 1.807) is 0 Å². The van der Waals surface area contributed by atoms with Crippen LogP contribution < -0.4 is 0 Å². The van der Waals surface area contributed by atoms with Gasteiger partial charge in [0.05, 0.1) is 17.9 Å². The number of hydrogen-bond acceptors (Lipinski definition) is 4. The number of likely N-dealkylation sites (tertiary alicyclic amines) is 1. The second kappa shape index (κ2) is 7.47. The van der Waals surface area contributed by atoms with E-state index in [4.69, 9.17) is 0 Å². The summed E-state index contributed by atoms with van der Waals surface area (Å²) < 4.78 is 4.13. The van der Waals surface area contributed by atoms with Gasteiger partial charge in [-0.1, -0.05) is 32.9 Å². The third kappa shape index (κ3) is 4.23. The number of nitrogens with zero attached hydrogens (tertiary/aromatic N) is 6. The van der Waals surface area contributed by atoms with Gasteiger partial charge in [-0.2, -0.15) is 5.10 Å². The first-order valence-corrected chi connectivity index (χ1v) is 9.16. The maximum absolute atomic E-state index is 4.57. The molecule has 0 spiro atoms. The fourth-order valence-electron chi connectivity index (χ4n) is 3.30. The van der Waals surface area contributed by atoms with E-state index in [2.05, 4.69) is 65.1 Å². The predicted molar refractivity (Wildman–Crippen MR) is 94.7 cm³/mol. The van der Waals surface area contributed by atoms with Gasteiger partial charge in [0.15, 0.2) is 0 Å². The van der Waals surface area contributed by atoms with E-state index in [-0.39, 0.29) is 0 Å². The molecule has 0 aliphatic carbocycles. The topological polar surface area (TPSA) is 51.8 Å². The first kappa shape index (κ1) is 17.1. The number of hydrogen-bond donors (Lipinski definition) is 0. The van der Waals surface area contributed by atoms with Crippen LogP contribution in [0.1, 0.15) is 63.8 Å². The Balaban J connectivity index is 1.50. The van der Waals surface area contributed by atoms with Crippen LogP contribution in [0.4, 0.5) is 0 Å². The summed E-state index contributed by atoms with van der Waals surface area (Å²) in [6.07, 6.45) is 8.64. The Kier molecular flexibility index (Phi) is 5.33. The second-order valence-electron chi connectivity index (χ2n) is 7.74. The molecule has 1 aliphatic rings. The first-order valence-electron chi connectivity index (χ1n) is 9.16. The standard InChI is InChI=1S/C18H30N6/c1-14(2)10-23-13-17(20-21-23)12-22-7-5-18(6-8-22)24-11-16(9-19-24)15(3)4/h9,11,13-15,18H,5-8,10,12H2,1-4H3. The zero-order valence-electron chi connectivity index (χ0n) is 15.4. The molecule has 2 aromatic heterocycles. The molecule has 24 heavy (non-hydrogen) atoms. The maximum Gasteiger partial charge on any atom is 0.0967 e. The van der Waals surface area contributed by atoms with Crippen LogP contribution in [0.5, 0.6) is 0 Å². The van der Waals surface area contributed by atoms with Gasteiger partial charge in [0.1, 0.15) is 0 Å². The van der Waals surface area contributed by atoms with Crippen molar-refractivity contribution in [2.24, 2.45) is 5.92 Å². The van der Waals surface area contributed by atoms with Crippen molar-refractivity contribution in [2.75, 3.05) is 13.1 Å². The smallest absolute Gasteiger partial charge is 0.0967 e. The lowest BCUT2D eigenvalue weighted by Gasteiger charge is -2.31. The molecule has 3 heterocycles. The lowest BCUT2D eigenvalue weighted by Crippen LogP contribution is -2.34. The van der Waals surface area contributed by atoms with E-state index in [0.717, 1.165) is 44.7 Å². The van der Waals surface area contributed by atoms with Crippen LogP contribution in [-0.4, -0.2) is 42.8 Å². The van der Waals surface area contributed by atoms with Crippen LogP contribution in [0.3, 0.4) is 0 Å². The van der Waals surface area contributed by atoms with Gasteiger partial charge in [-0.05, 0) is 30.2 Å². The minimum atomic E-state index is 0.533. The molecule has 6 heteroatoms. The van der Waals surface area contributed by atoms with Gasteiger partial charge in [-0.3, -0.25) is 14.3 Å². The minimum absolute atomic E-state index is 0.533. The van der Waals surface area contributed by atoms with Crippen molar-refractivity contribution in [1.29, 1.82) is 0 Å². The summed E-state index contributed by atoms with van der Waals surface area (Å²) in [5.41, 5.74) is 2.41. The van der Waals surface area contributed by atoms with Crippen LogP contribution in [0.2, 0.25) is 0 Å². The van der Waals surface area contributed by atoms with E-state index < -0.39 is 0 Å². The summed E-state index contributed by atoms with van der Waals surface area (Å²) >= 11 is 0. The molecular weight excluding hydrogens is 300 g/mol. The third-order valence-corrected chi connectivity index (χ3v) is 4.74. The van der Waals surface area contributed by atoms with Crippen LogP contribution in [-0.2, 0) is 13.1 Å². The molecule has 0 aromatic carbocycles. The fraction of sp³-hybridized carbons (Fsp3) is 0.722. The van der Waals surface area contributed by atoms with Crippen molar-refractivity contribution in [2.45, 2.75) is 65.6 Å². The lowest BCUT2D eigenvalue weighted by molar-refractivity contribution is 0.171. The Morgan fingerprint density at radius 2 is 1.88 bits per heavy atom. The van der Waals surface area contributed by atoms with Gasteiger partial charge in [-0.15, -0.1) is 5.10 Å². The molecule has 1 fully saturated rings. The van der Waals surface area contributed by atoms with Gasteiger partial charge in [0.2, 0.25) is 0 Å². The molecule has 0 unspecified atom stereocenters. The van der Waals surface area contributed by atoms with Crippen LogP contribution in [0, 0.1) is 5.92 Å². The molecular formula is C18H30N6. The highest BCUT2D eigenvalue weighted by molar-refractivity contribution is 5.09. The van der Waals surface area contributed by atoms with Gasteiger partial charge in [0, 0.05) is 38.6 Å². The van der Waals surface area contributed by atoms with Crippen molar-refractivity contribution in [1.82, 2.24) is 29.7 Å². The predicted octanol–water partition coefficient (Wildman–Crippen LogP) is 3.09. The Labute approximate surface area is 144 Å². The minimum Gasteiger partial charge on any atom is -0.297 e. The van der Waals surface area contributed by atoms with Crippen LogP contribution in [0.15, 0.2) is 18.6 Å². The van der Waals surface area contributed by atoms with Gasteiger partial charge < -0.3 is 0 Å². The fourth-order valence-corrected chi connectivity index (χ4v) is 3.30. The summed E-state index contributed by atoms with van der Waals surface area (Å²) in [6, 6.07) is 0.533. The number of rotatable bonds is 6. The molecule has 0 N–H and O–H groups in total. The second-order valence-corrected chi connectivity index (χ2v) is 7.74. The van der Waals surface area contributed by atoms with Crippen LogP contribution in [0.25, 0.3) is 0 Å². The van der Waals surface area contributed by atoms with Gasteiger partial charge >= 0.3 is 0 Å². The van der Waals surface area contributed by atoms with Crippen molar-refractivity contribution < 1.29 is 0 Å². The maximum atomic E-state index is 4.57. The normalized spacial score (nSPS) is 17.2. The zero-order chi connectivity index (χ0) is 17.1. The van der Waals surface area contributed by atoms with E-state index in [0.29, 0.717) is 17.9 Å². The number of aromatic nitrogens is 5. The number of piperidine rings is 1. The molecule has 0 saturated carbocycles. The van der Waals surface area contributed by atoms with Crippen LogP contribution >= 0.6 is 0 Å². The third-order valence-electron chi connectivity index (χ3n) is 4.74. The molecule has 0 radical (unpaired) electrons. The van der Waals surface area contributed by atoms with E-state index in [9.17, 15) is 0 Å². The molecule has 0 atom stereocenters. The molecule has 0 amide bonds. The van der Waals surface area contributed by atoms with E-state index in [1.807, 2.05) is 10.9 Å². The molecule has 3 rings (SSSR count). The molecule has 1 saturated heterocycles. The Hall–Kier alpha value is -1.69. The van der Waals surface area contributed by atoms with Crippen molar-refractivity contribution in [3.8, 4) is 0 Å². The molecule has 2 aromatic rings. The van der Waals surface area contributed by atoms with Gasteiger partial charge in [-0.25, -0.2) is 0 Å². The van der Waals surface area contributed by atoms with Crippen molar-refractivity contribution >= 4 is 0 Å². The Morgan fingerprint density at radius 1 is 1.12 bits per heavy atom. The summed E-state index contributed by atoms with van der Waals surface area (Å²) in [4.78, 5) is 2.48. The van der Waals surface area contributed by atoms with Crippen molar-refractivity contribution in [3.63, 3.8) is 0 Å². The first-order chi connectivity index (χ1) is 11.5. The zero-order valence-corrected chi connectivity index (χ0v) is 15.4. The highest BCUT2D eigenvalue weighted by Gasteiger charge is 2.22.